The number of ether oxygens (including phenoxy) is 1. The fourth-order valence-electron chi connectivity index (χ4n) is 2.07. The van der Waals surface area contributed by atoms with Gasteiger partial charge < -0.3 is 14.5 Å². The van der Waals surface area contributed by atoms with Crippen LogP contribution in [0.4, 0.5) is 5.69 Å². The molecule has 0 aliphatic rings. The van der Waals surface area contributed by atoms with Crippen molar-refractivity contribution in [2.24, 2.45) is 0 Å². The van der Waals surface area contributed by atoms with Crippen molar-refractivity contribution >= 4 is 28.9 Å². The zero-order valence-corrected chi connectivity index (χ0v) is 13.8. The molecule has 0 aliphatic carbocycles. The van der Waals surface area contributed by atoms with Gasteiger partial charge in [0.1, 0.15) is 5.69 Å². The number of nitrogens with zero attached hydrogens (tertiary/aromatic N) is 1. The average Bonchev–Trinajstić information content (AvgIpc) is 3.23. The minimum absolute atomic E-state index is 0.188. The van der Waals surface area contributed by atoms with Crippen LogP contribution in [0.15, 0.2) is 46.2 Å². The fourth-order valence-corrected chi connectivity index (χ4v) is 2.68. The number of anilines is 1. The standard InChI is InChI=1S/C17H14N2O4S/c1-10-18-13(9-24-10)14-7-8-15(23-14)16(20)19-12-5-3-11(4-6-12)17(21)22-2/h3-9H,1-2H3,(H,19,20). The highest BCUT2D eigenvalue weighted by molar-refractivity contribution is 7.09. The predicted molar refractivity (Wildman–Crippen MR) is 90.3 cm³/mol. The number of methoxy groups -OCH3 is 1. The van der Waals surface area contributed by atoms with Gasteiger partial charge >= 0.3 is 5.97 Å². The highest BCUT2D eigenvalue weighted by Crippen LogP contribution is 2.24. The monoisotopic (exact) mass is 342 g/mol. The van der Waals surface area contributed by atoms with Gasteiger partial charge in [0.05, 0.1) is 17.7 Å². The number of amides is 1. The van der Waals surface area contributed by atoms with Crippen molar-refractivity contribution in [1.29, 1.82) is 0 Å². The third-order valence-electron chi connectivity index (χ3n) is 3.27. The third-order valence-corrected chi connectivity index (χ3v) is 4.04. The van der Waals surface area contributed by atoms with E-state index < -0.39 is 5.97 Å². The highest BCUT2D eigenvalue weighted by Gasteiger charge is 2.14. The van der Waals surface area contributed by atoms with Crippen molar-refractivity contribution in [3.05, 3.63) is 58.1 Å². The second-order valence-electron chi connectivity index (χ2n) is 4.94. The Morgan fingerprint density at radius 2 is 1.92 bits per heavy atom. The van der Waals surface area contributed by atoms with Gasteiger partial charge in [-0.3, -0.25) is 4.79 Å². The van der Waals surface area contributed by atoms with Crippen LogP contribution in [0, 0.1) is 6.92 Å². The lowest BCUT2D eigenvalue weighted by Crippen LogP contribution is -2.11. The molecule has 0 fully saturated rings. The Morgan fingerprint density at radius 1 is 1.17 bits per heavy atom. The van der Waals surface area contributed by atoms with Crippen LogP contribution in [0.1, 0.15) is 25.9 Å². The van der Waals surface area contributed by atoms with Crippen LogP contribution < -0.4 is 5.32 Å². The summed E-state index contributed by atoms with van der Waals surface area (Å²) in [6, 6.07) is 9.71. The number of furan rings is 1. The van der Waals surface area contributed by atoms with E-state index in [0.717, 1.165) is 5.01 Å². The molecular formula is C17H14N2O4S. The molecule has 0 unspecified atom stereocenters. The maximum absolute atomic E-state index is 12.2. The first-order valence-electron chi connectivity index (χ1n) is 7.09. The zero-order valence-electron chi connectivity index (χ0n) is 13.0. The number of carbonyl (C=O) groups excluding carboxylic acids is 2. The van der Waals surface area contributed by atoms with Crippen molar-refractivity contribution in [3.63, 3.8) is 0 Å². The van der Waals surface area contributed by atoms with Crippen LogP contribution in [-0.2, 0) is 4.74 Å². The van der Waals surface area contributed by atoms with E-state index in [1.165, 1.54) is 18.4 Å². The van der Waals surface area contributed by atoms with Gasteiger partial charge in [0.15, 0.2) is 11.5 Å². The van der Waals surface area contributed by atoms with Crippen molar-refractivity contribution in [2.75, 3.05) is 12.4 Å². The number of esters is 1. The van der Waals surface area contributed by atoms with Crippen molar-refractivity contribution < 1.29 is 18.7 Å². The van der Waals surface area contributed by atoms with E-state index in [-0.39, 0.29) is 11.7 Å². The van der Waals surface area contributed by atoms with E-state index in [1.54, 1.807) is 36.4 Å². The topological polar surface area (TPSA) is 81.4 Å². The minimum atomic E-state index is -0.429. The molecule has 2 heterocycles. The van der Waals surface area contributed by atoms with Crippen LogP contribution in [-0.4, -0.2) is 24.0 Å². The lowest BCUT2D eigenvalue weighted by Gasteiger charge is -2.04. The number of hydrogen-bond donors (Lipinski definition) is 1. The molecular weight excluding hydrogens is 328 g/mol. The normalized spacial score (nSPS) is 10.4. The summed E-state index contributed by atoms with van der Waals surface area (Å²) in [6.07, 6.45) is 0. The zero-order chi connectivity index (χ0) is 17.1. The van der Waals surface area contributed by atoms with E-state index in [4.69, 9.17) is 4.42 Å². The van der Waals surface area contributed by atoms with Gasteiger partial charge in [0.25, 0.3) is 5.91 Å². The first-order valence-corrected chi connectivity index (χ1v) is 7.97. The van der Waals surface area contributed by atoms with E-state index in [1.807, 2.05) is 12.3 Å². The van der Waals surface area contributed by atoms with Gasteiger partial charge in [-0.2, -0.15) is 0 Å². The number of thiazole rings is 1. The largest absolute Gasteiger partial charge is 0.465 e. The second-order valence-corrected chi connectivity index (χ2v) is 6.00. The lowest BCUT2D eigenvalue weighted by atomic mass is 10.2. The number of hydrogen-bond acceptors (Lipinski definition) is 6. The van der Waals surface area contributed by atoms with Crippen LogP contribution in [0.3, 0.4) is 0 Å². The smallest absolute Gasteiger partial charge is 0.337 e. The minimum Gasteiger partial charge on any atom is -0.465 e. The van der Waals surface area contributed by atoms with Crippen LogP contribution >= 0.6 is 11.3 Å². The molecule has 0 radical (unpaired) electrons. The quantitative estimate of drug-likeness (QED) is 0.730. The van der Waals surface area contributed by atoms with E-state index in [0.29, 0.717) is 22.7 Å². The summed E-state index contributed by atoms with van der Waals surface area (Å²) in [7, 11) is 1.32. The van der Waals surface area contributed by atoms with Gasteiger partial charge in [-0.15, -0.1) is 11.3 Å². The molecule has 1 aromatic carbocycles. The Kier molecular flexibility index (Phi) is 4.43. The van der Waals surface area contributed by atoms with Gasteiger partial charge in [-0.05, 0) is 43.3 Å². The SMILES string of the molecule is COC(=O)c1ccc(NC(=O)c2ccc(-c3csc(C)n3)o2)cc1. The highest BCUT2D eigenvalue weighted by atomic mass is 32.1. The molecule has 122 valence electrons. The molecule has 1 amide bonds. The number of nitrogens with one attached hydrogen (secondary N) is 1. The maximum Gasteiger partial charge on any atom is 0.337 e. The van der Waals surface area contributed by atoms with E-state index in [9.17, 15) is 9.59 Å². The Bertz CT molecular complexity index is 880. The molecule has 7 heteroatoms. The molecule has 2 aromatic heterocycles. The Hall–Kier alpha value is -2.93. The number of carbonyl (C=O) groups is 2. The summed E-state index contributed by atoms with van der Waals surface area (Å²) in [4.78, 5) is 27.9. The Balaban J connectivity index is 1.71. The van der Waals surface area contributed by atoms with E-state index in [2.05, 4.69) is 15.0 Å². The van der Waals surface area contributed by atoms with Crippen molar-refractivity contribution in [3.8, 4) is 11.5 Å². The summed E-state index contributed by atoms with van der Waals surface area (Å²) in [5, 5.41) is 5.51. The molecule has 3 aromatic rings. The van der Waals surface area contributed by atoms with Crippen molar-refractivity contribution in [1.82, 2.24) is 4.98 Å². The van der Waals surface area contributed by atoms with Crippen molar-refractivity contribution in [2.45, 2.75) is 6.92 Å². The molecule has 0 spiro atoms. The number of aryl methyl sites for hydroxylation is 1. The molecule has 1 N–H and O–H groups in total. The summed E-state index contributed by atoms with van der Waals surface area (Å²) in [5.41, 5.74) is 1.67. The molecule has 0 aliphatic heterocycles. The summed E-state index contributed by atoms with van der Waals surface area (Å²) in [5.74, 6) is -0.0700. The molecule has 6 nitrogen and oxygen atoms in total. The van der Waals surface area contributed by atoms with Gasteiger partial charge in [-0.1, -0.05) is 0 Å². The summed E-state index contributed by atoms with van der Waals surface area (Å²) in [6.45, 7) is 1.91. The summed E-state index contributed by atoms with van der Waals surface area (Å²) < 4.78 is 10.2. The predicted octanol–water partition coefficient (Wildman–Crippen LogP) is 3.75. The summed E-state index contributed by atoms with van der Waals surface area (Å²) >= 11 is 1.52. The molecule has 24 heavy (non-hydrogen) atoms. The molecule has 0 saturated heterocycles. The first kappa shape index (κ1) is 15.9. The van der Waals surface area contributed by atoms with Gasteiger partial charge in [0.2, 0.25) is 0 Å². The van der Waals surface area contributed by atoms with Gasteiger partial charge in [-0.25, -0.2) is 9.78 Å². The van der Waals surface area contributed by atoms with Crippen LogP contribution in [0.25, 0.3) is 11.5 Å². The van der Waals surface area contributed by atoms with E-state index >= 15 is 0 Å². The van der Waals surface area contributed by atoms with Gasteiger partial charge in [0, 0.05) is 11.1 Å². The first-order chi connectivity index (χ1) is 11.6. The molecule has 0 atom stereocenters. The number of rotatable bonds is 4. The average molecular weight is 342 g/mol. The second kappa shape index (κ2) is 6.67. The Morgan fingerprint density at radius 3 is 2.54 bits per heavy atom. The number of aromatic nitrogens is 1. The number of benzene rings is 1. The van der Waals surface area contributed by atoms with Crippen LogP contribution in [0.5, 0.6) is 0 Å². The Labute approximate surface area is 142 Å². The maximum atomic E-state index is 12.2. The molecule has 3 rings (SSSR count). The fraction of sp³-hybridized carbons (Fsp3) is 0.118. The molecule has 0 bridgehead atoms. The van der Waals surface area contributed by atoms with Crippen LogP contribution in [0.2, 0.25) is 0 Å². The third kappa shape index (κ3) is 3.36. The molecule has 0 saturated carbocycles. The lowest BCUT2D eigenvalue weighted by molar-refractivity contribution is 0.0600.